The van der Waals surface area contributed by atoms with E-state index in [0.717, 1.165) is 22.4 Å². The summed E-state index contributed by atoms with van der Waals surface area (Å²) < 4.78 is 11.0. The van der Waals surface area contributed by atoms with Crippen LogP contribution in [0.2, 0.25) is 0 Å². The van der Waals surface area contributed by atoms with E-state index in [4.69, 9.17) is 14.3 Å². The smallest absolute Gasteiger partial charge is 0.266 e. The first-order chi connectivity index (χ1) is 16.4. The molecule has 0 aromatic heterocycles. The Morgan fingerprint density at radius 1 is 0.853 bits per heavy atom. The van der Waals surface area contributed by atoms with Gasteiger partial charge in [0.05, 0.1) is 31.6 Å². The molecule has 34 heavy (non-hydrogen) atoms. The van der Waals surface area contributed by atoms with Crippen LogP contribution in [0.4, 0.5) is 11.4 Å². The van der Waals surface area contributed by atoms with Crippen molar-refractivity contribution in [1.29, 1.82) is 0 Å². The number of rotatable bonds is 5. The molecule has 0 unspecified atom stereocenters. The lowest BCUT2D eigenvalue weighted by molar-refractivity contribution is -0.126. The van der Waals surface area contributed by atoms with Crippen molar-refractivity contribution in [2.24, 2.45) is 5.92 Å². The molecule has 3 atom stereocenters. The summed E-state index contributed by atoms with van der Waals surface area (Å²) in [6.45, 7) is 3.90. The van der Waals surface area contributed by atoms with E-state index >= 15 is 0 Å². The summed E-state index contributed by atoms with van der Waals surface area (Å²) in [4.78, 5) is 34.8. The summed E-state index contributed by atoms with van der Waals surface area (Å²) in [5, 5.41) is 1.69. The molecule has 5 rings (SSSR count). The van der Waals surface area contributed by atoms with Gasteiger partial charge in [0.1, 0.15) is 17.4 Å². The Hall–Kier alpha value is -3.84. The van der Waals surface area contributed by atoms with Crippen molar-refractivity contribution in [1.82, 2.24) is 0 Å². The van der Waals surface area contributed by atoms with Crippen LogP contribution in [0.5, 0.6) is 11.5 Å². The van der Waals surface area contributed by atoms with Gasteiger partial charge < -0.3 is 9.47 Å². The molecule has 2 heterocycles. The van der Waals surface area contributed by atoms with Crippen molar-refractivity contribution < 1.29 is 23.9 Å². The molecule has 0 spiro atoms. The number of aryl methyl sites for hydroxylation is 2. The number of methoxy groups -OCH3 is 2. The molecule has 7 heteroatoms. The van der Waals surface area contributed by atoms with E-state index in [0.29, 0.717) is 17.2 Å². The minimum absolute atomic E-state index is 0.292. The lowest BCUT2D eigenvalue weighted by Gasteiger charge is -2.30. The molecule has 2 amide bonds. The molecule has 2 saturated heterocycles. The fraction of sp³-hybridized carbons (Fsp3) is 0.259. The minimum atomic E-state index is -0.940. The third-order valence-electron chi connectivity index (χ3n) is 6.49. The van der Waals surface area contributed by atoms with E-state index in [-0.39, 0.29) is 11.8 Å². The molecule has 3 aromatic carbocycles. The number of para-hydroxylation sites is 1. The summed E-state index contributed by atoms with van der Waals surface area (Å²) in [6, 6.07) is 20.0. The quantitative estimate of drug-likeness (QED) is 0.529. The van der Waals surface area contributed by atoms with Crippen LogP contribution in [0.1, 0.15) is 22.7 Å². The Labute approximate surface area is 198 Å². The van der Waals surface area contributed by atoms with Crippen molar-refractivity contribution >= 4 is 23.2 Å². The zero-order valence-corrected chi connectivity index (χ0v) is 19.5. The molecule has 0 bridgehead atoms. The van der Waals surface area contributed by atoms with E-state index in [1.54, 1.807) is 31.4 Å². The maximum Gasteiger partial charge on any atom is 0.266 e. The number of imide groups is 1. The number of hydrogen-bond donors (Lipinski definition) is 0. The van der Waals surface area contributed by atoms with E-state index in [1.807, 2.05) is 68.4 Å². The number of fused-ring (bicyclic) bond motifs is 1. The molecule has 174 valence electrons. The number of amides is 2. The lowest BCUT2D eigenvalue weighted by atomic mass is 9.89. The standard InChI is InChI=1S/C27H26N2O5/c1-16-8-7-10-18(14-16)28-26(30)23-24(20-13-12-19(32-3)15-22(20)33-4)29(34-25(23)27(28)31)21-11-6-5-9-17(21)2/h5-15,23-25H,1-4H3/t23-,24-,25+/m0/s1. The first kappa shape index (κ1) is 22.0. The van der Waals surface area contributed by atoms with Gasteiger partial charge in [0.15, 0.2) is 6.10 Å². The Bertz CT molecular complexity index is 1270. The van der Waals surface area contributed by atoms with Crippen LogP contribution >= 0.6 is 0 Å². The maximum atomic E-state index is 13.8. The van der Waals surface area contributed by atoms with Gasteiger partial charge in [-0.3, -0.25) is 14.4 Å². The summed E-state index contributed by atoms with van der Waals surface area (Å²) in [5.41, 5.74) is 4.02. The number of hydroxylamine groups is 1. The van der Waals surface area contributed by atoms with Crippen molar-refractivity contribution in [3.63, 3.8) is 0 Å². The van der Waals surface area contributed by atoms with Gasteiger partial charge in [0, 0.05) is 11.6 Å². The Balaban J connectivity index is 1.65. The van der Waals surface area contributed by atoms with Crippen LogP contribution in [0.25, 0.3) is 0 Å². The summed E-state index contributed by atoms with van der Waals surface area (Å²) in [7, 11) is 3.16. The average Bonchev–Trinajstić information content (AvgIpc) is 3.34. The van der Waals surface area contributed by atoms with Gasteiger partial charge in [-0.05, 0) is 55.3 Å². The summed E-state index contributed by atoms with van der Waals surface area (Å²) in [5.74, 6) is -0.209. The number of anilines is 2. The third kappa shape index (κ3) is 3.40. The first-order valence-corrected chi connectivity index (χ1v) is 11.1. The topological polar surface area (TPSA) is 68.3 Å². The van der Waals surface area contributed by atoms with Gasteiger partial charge in [-0.15, -0.1) is 0 Å². The highest BCUT2D eigenvalue weighted by Crippen LogP contribution is 2.50. The number of ether oxygens (including phenoxy) is 2. The molecule has 0 radical (unpaired) electrons. The van der Waals surface area contributed by atoms with Gasteiger partial charge in [-0.1, -0.05) is 30.3 Å². The molecule has 2 fully saturated rings. The third-order valence-corrected chi connectivity index (χ3v) is 6.49. The van der Waals surface area contributed by atoms with Gasteiger partial charge in [0.2, 0.25) is 5.91 Å². The highest BCUT2D eigenvalue weighted by atomic mass is 16.7. The van der Waals surface area contributed by atoms with Gasteiger partial charge >= 0.3 is 0 Å². The Morgan fingerprint density at radius 2 is 1.65 bits per heavy atom. The second kappa shape index (κ2) is 8.50. The second-order valence-electron chi connectivity index (χ2n) is 8.57. The normalized spacial score (nSPS) is 21.7. The molecule has 0 saturated carbocycles. The lowest BCUT2D eigenvalue weighted by Crippen LogP contribution is -2.37. The number of benzene rings is 3. The monoisotopic (exact) mass is 458 g/mol. The van der Waals surface area contributed by atoms with E-state index in [2.05, 4.69) is 0 Å². The predicted octanol–water partition coefficient (Wildman–Crippen LogP) is 4.37. The van der Waals surface area contributed by atoms with Crippen molar-refractivity contribution in [2.45, 2.75) is 26.0 Å². The van der Waals surface area contributed by atoms with E-state index < -0.39 is 18.1 Å². The SMILES string of the molecule is COc1ccc([C@H]2[C@@H]3C(=O)N(c4cccc(C)c4)C(=O)[C@@H]3ON2c2ccccc2C)c(OC)c1. The zero-order valence-electron chi connectivity index (χ0n) is 19.5. The molecule has 0 aliphatic carbocycles. The highest BCUT2D eigenvalue weighted by molar-refractivity contribution is 6.24. The fourth-order valence-electron chi connectivity index (χ4n) is 4.83. The van der Waals surface area contributed by atoms with Crippen LogP contribution in [0.15, 0.2) is 66.7 Å². The van der Waals surface area contributed by atoms with Crippen LogP contribution < -0.4 is 19.4 Å². The van der Waals surface area contributed by atoms with Crippen LogP contribution in [-0.2, 0) is 14.4 Å². The molecular formula is C27H26N2O5. The van der Waals surface area contributed by atoms with E-state index in [1.165, 1.54) is 4.90 Å². The summed E-state index contributed by atoms with van der Waals surface area (Å²) in [6.07, 6.45) is -0.940. The number of hydrogen-bond acceptors (Lipinski definition) is 6. The number of nitrogens with zero attached hydrogens (tertiary/aromatic N) is 2. The maximum absolute atomic E-state index is 13.8. The molecule has 2 aliphatic rings. The molecule has 7 nitrogen and oxygen atoms in total. The Kier molecular flexibility index (Phi) is 5.49. The van der Waals surface area contributed by atoms with Crippen molar-refractivity contribution in [2.75, 3.05) is 24.2 Å². The average molecular weight is 459 g/mol. The molecule has 0 N–H and O–H groups in total. The molecular weight excluding hydrogens is 432 g/mol. The van der Waals surface area contributed by atoms with Crippen molar-refractivity contribution in [3.8, 4) is 11.5 Å². The first-order valence-electron chi connectivity index (χ1n) is 11.1. The van der Waals surface area contributed by atoms with Gasteiger partial charge in [-0.2, -0.15) is 0 Å². The highest BCUT2D eigenvalue weighted by Gasteiger charge is 2.60. The van der Waals surface area contributed by atoms with Crippen LogP contribution in [-0.4, -0.2) is 32.1 Å². The second-order valence-corrected chi connectivity index (χ2v) is 8.57. The van der Waals surface area contributed by atoms with Gasteiger partial charge in [0.25, 0.3) is 5.91 Å². The number of carbonyl (C=O) groups is 2. The van der Waals surface area contributed by atoms with E-state index in [9.17, 15) is 9.59 Å². The predicted molar refractivity (Wildman–Crippen MR) is 128 cm³/mol. The molecule has 2 aliphatic heterocycles. The Morgan fingerprint density at radius 3 is 2.35 bits per heavy atom. The molecule has 3 aromatic rings. The summed E-state index contributed by atoms with van der Waals surface area (Å²) >= 11 is 0. The van der Waals surface area contributed by atoms with Gasteiger partial charge in [-0.25, -0.2) is 9.96 Å². The minimum Gasteiger partial charge on any atom is -0.497 e. The van der Waals surface area contributed by atoms with Crippen LogP contribution in [0.3, 0.4) is 0 Å². The zero-order chi connectivity index (χ0) is 24.0. The van der Waals surface area contributed by atoms with Crippen molar-refractivity contribution in [3.05, 3.63) is 83.4 Å². The van der Waals surface area contributed by atoms with Crippen LogP contribution in [0, 0.1) is 19.8 Å². The fourth-order valence-corrected chi connectivity index (χ4v) is 4.83. The number of carbonyl (C=O) groups excluding carboxylic acids is 2. The largest absolute Gasteiger partial charge is 0.497 e.